The van der Waals surface area contributed by atoms with Crippen molar-refractivity contribution in [2.45, 2.75) is 0 Å². The molecule has 12 heavy (non-hydrogen) atoms. The van der Waals surface area contributed by atoms with E-state index in [4.69, 9.17) is 5.73 Å². The number of rotatable bonds is 0. The quantitative estimate of drug-likeness (QED) is 0.710. The molecule has 0 spiro atoms. The van der Waals surface area contributed by atoms with Crippen LogP contribution in [0.2, 0.25) is 0 Å². The maximum absolute atomic E-state index is 5.82. The highest BCUT2D eigenvalue weighted by atomic mass is 79.9. The van der Waals surface area contributed by atoms with Gasteiger partial charge in [-0.15, -0.1) is 0 Å². The van der Waals surface area contributed by atoms with Crippen LogP contribution in [0.5, 0.6) is 0 Å². The first-order chi connectivity index (χ1) is 5.79. The first-order valence-corrected chi connectivity index (χ1v) is 4.57. The van der Waals surface area contributed by atoms with Gasteiger partial charge < -0.3 is 11.1 Å². The Morgan fingerprint density at radius 3 is 3.00 bits per heavy atom. The molecule has 0 amide bonds. The lowest BCUT2D eigenvalue weighted by atomic mass is 10.1. The van der Waals surface area contributed by atoms with Crippen molar-refractivity contribution in [1.82, 2.24) is 0 Å². The van der Waals surface area contributed by atoms with Crippen molar-refractivity contribution in [3.8, 4) is 0 Å². The molecule has 0 saturated carbocycles. The highest BCUT2D eigenvalue weighted by Gasteiger charge is 2.10. The fourth-order valence-electron chi connectivity index (χ4n) is 1.32. The summed E-state index contributed by atoms with van der Waals surface area (Å²) >= 11 is 3.46. The fourth-order valence-corrected chi connectivity index (χ4v) is 1.82. The third-order valence-corrected chi connectivity index (χ3v) is 2.59. The summed E-state index contributed by atoms with van der Waals surface area (Å²) in [5.74, 6) is 0. The van der Waals surface area contributed by atoms with E-state index in [1.165, 1.54) is 0 Å². The summed E-state index contributed by atoms with van der Waals surface area (Å²) in [5, 5.41) is 3.26. The third-order valence-electron chi connectivity index (χ3n) is 1.93. The van der Waals surface area contributed by atoms with Gasteiger partial charge in [0.15, 0.2) is 0 Å². The molecule has 1 aliphatic heterocycles. The summed E-state index contributed by atoms with van der Waals surface area (Å²) in [7, 11) is 0. The van der Waals surface area contributed by atoms with Gasteiger partial charge in [0, 0.05) is 22.3 Å². The number of nitrogens with one attached hydrogen (secondary N) is 1. The SMILES string of the molecule is NC1=CCNc2c(Br)cccc21. The predicted octanol–water partition coefficient (Wildman–Crippen LogP) is 2.17. The van der Waals surface area contributed by atoms with Crippen LogP contribution >= 0.6 is 15.9 Å². The molecule has 0 fully saturated rings. The maximum Gasteiger partial charge on any atom is 0.0581 e. The van der Waals surface area contributed by atoms with Crippen molar-refractivity contribution in [1.29, 1.82) is 0 Å². The summed E-state index contributed by atoms with van der Waals surface area (Å²) < 4.78 is 1.07. The van der Waals surface area contributed by atoms with E-state index in [1.54, 1.807) is 0 Å². The lowest BCUT2D eigenvalue weighted by molar-refractivity contribution is 1.26. The van der Waals surface area contributed by atoms with E-state index in [2.05, 4.69) is 21.2 Å². The number of halogens is 1. The lowest BCUT2D eigenvalue weighted by Crippen LogP contribution is -2.12. The molecular weight excluding hydrogens is 216 g/mol. The van der Waals surface area contributed by atoms with Crippen molar-refractivity contribution in [3.05, 3.63) is 34.3 Å². The zero-order valence-electron chi connectivity index (χ0n) is 6.47. The van der Waals surface area contributed by atoms with Crippen molar-refractivity contribution < 1.29 is 0 Å². The number of anilines is 1. The molecule has 2 rings (SSSR count). The second kappa shape index (κ2) is 2.83. The average molecular weight is 225 g/mol. The normalized spacial score (nSPS) is 14.6. The van der Waals surface area contributed by atoms with Gasteiger partial charge in [-0.2, -0.15) is 0 Å². The number of fused-ring (bicyclic) bond motifs is 1. The van der Waals surface area contributed by atoms with Gasteiger partial charge in [-0.3, -0.25) is 0 Å². The van der Waals surface area contributed by atoms with Gasteiger partial charge >= 0.3 is 0 Å². The highest BCUT2D eigenvalue weighted by molar-refractivity contribution is 9.10. The predicted molar refractivity (Wildman–Crippen MR) is 54.8 cm³/mol. The molecule has 3 N–H and O–H groups in total. The second-order valence-corrected chi connectivity index (χ2v) is 3.56. The van der Waals surface area contributed by atoms with E-state index in [9.17, 15) is 0 Å². The summed E-state index contributed by atoms with van der Waals surface area (Å²) in [6, 6.07) is 6.00. The summed E-state index contributed by atoms with van der Waals surface area (Å²) in [4.78, 5) is 0. The second-order valence-electron chi connectivity index (χ2n) is 2.70. The third kappa shape index (κ3) is 1.10. The molecule has 0 unspecified atom stereocenters. The van der Waals surface area contributed by atoms with Gasteiger partial charge in [0.25, 0.3) is 0 Å². The largest absolute Gasteiger partial charge is 0.398 e. The molecule has 62 valence electrons. The van der Waals surface area contributed by atoms with Gasteiger partial charge in [-0.25, -0.2) is 0 Å². The number of benzene rings is 1. The number of hydrogen-bond donors (Lipinski definition) is 2. The lowest BCUT2D eigenvalue weighted by Gasteiger charge is -2.17. The zero-order chi connectivity index (χ0) is 8.55. The Kier molecular flexibility index (Phi) is 1.81. The van der Waals surface area contributed by atoms with E-state index in [1.807, 2.05) is 24.3 Å². The van der Waals surface area contributed by atoms with Gasteiger partial charge in [-0.1, -0.05) is 12.1 Å². The Labute approximate surface area is 79.6 Å². The summed E-state index contributed by atoms with van der Waals surface area (Å²) in [5.41, 5.74) is 8.84. The van der Waals surface area contributed by atoms with Crippen molar-refractivity contribution >= 4 is 27.3 Å². The molecule has 3 heteroatoms. The Balaban J connectivity index is 2.62. The van der Waals surface area contributed by atoms with Crippen molar-refractivity contribution in [2.75, 3.05) is 11.9 Å². The van der Waals surface area contributed by atoms with Gasteiger partial charge in [0.2, 0.25) is 0 Å². The maximum atomic E-state index is 5.82. The molecule has 0 aliphatic carbocycles. The standard InChI is InChI=1S/C9H9BrN2/c10-7-3-1-2-6-8(11)4-5-12-9(6)7/h1-4,12H,5,11H2. The monoisotopic (exact) mass is 224 g/mol. The van der Waals surface area contributed by atoms with Crippen LogP contribution in [0.15, 0.2) is 28.7 Å². The molecule has 0 saturated heterocycles. The molecular formula is C9H9BrN2. The molecule has 0 aromatic heterocycles. The van der Waals surface area contributed by atoms with E-state index in [0.29, 0.717) is 0 Å². The molecule has 1 aromatic carbocycles. The van der Waals surface area contributed by atoms with Gasteiger partial charge in [-0.05, 0) is 28.1 Å². The Morgan fingerprint density at radius 2 is 2.25 bits per heavy atom. The van der Waals surface area contributed by atoms with Crippen LogP contribution in [0.1, 0.15) is 5.56 Å². The molecule has 2 nitrogen and oxygen atoms in total. The minimum Gasteiger partial charge on any atom is -0.398 e. The van der Waals surface area contributed by atoms with Crippen LogP contribution in [-0.2, 0) is 0 Å². The van der Waals surface area contributed by atoms with Gasteiger partial charge in [0.1, 0.15) is 0 Å². The Bertz CT molecular complexity index is 344. The zero-order valence-corrected chi connectivity index (χ0v) is 8.06. The minimum atomic E-state index is 0.807. The van der Waals surface area contributed by atoms with Crippen LogP contribution in [-0.4, -0.2) is 6.54 Å². The molecule has 0 atom stereocenters. The van der Waals surface area contributed by atoms with E-state index < -0.39 is 0 Å². The first kappa shape index (κ1) is 7.68. The average Bonchev–Trinajstić information content (AvgIpc) is 2.07. The van der Waals surface area contributed by atoms with E-state index >= 15 is 0 Å². The minimum absolute atomic E-state index is 0.807. The molecule has 0 bridgehead atoms. The molecule has 1 aromatic rings. The van der Waals surface area contributed by atoms with Crippen LogP contribution in [0.4, 0.5) is 5.69 Å². The van der Waals surface area contributed by atoms with E-state index in [-0.39, 0.29) is 0 Å². The summed E-state index contributed by atoms with van der Waals surface area (Å²) in [6.45, 7) is 0.807. The van der Waals surface area contributed by atoms with Crippen LogP contribution in [0, 0.1) is 0 Å². The van der Waals surface area contributed by atoms with Crippen LogP contribution in [0.3, 0.4) is 0 Å². The van der Waals surface area contributed by atoms with Gasteiger partial charge in [0.05, 0.1) is 5.69 Å². The van der Waals surface area contributed by atoms with Crippen LogP contribution < -0.4 is 11.1 Å². The van der Waals surface area contributed by atoms with E-state index in [0.717, 1.165) is 28.0 Å². The molecule has 0 radical (unpaired) electrons. The smallest absolute Gasteiger partial charge is 0.0581 e. The topological polar surface area (TPSA) is 38.0 Å². The number of hydrogen-bond acceptors (Lipinski definition) is 2. The Hall–Kier alpha value is -0.960. The molecule has 1 aliphatic rings. The summed E-state index contributed by atoms with van der Waals surface area (Å²) in [6.07, 6.45) is 1.98. The Morgan fingerprint density at radius 1 is 1.42 bits per heavy atom. The van der Waals surface area contributed by atoms with Crippen molar-refractivity contribution in [3.63, 3.8) is 0 Å². The first-order valence-electron chi connectivity index (χ1n) is 3.77. The van der Waals surface area contributed by atoms with Crippen LogP contribution in [0.25, 0.3) is 5.70 Å². The fraction of sp³-hybridized carbons (Fsp3) is 0.111. The van der Waals surface area contributed by atoms with Crippen molar-refractivity contribution in [2.24, 2.45) is 5.73 Å². The highest BCUT2D eigenvalue weighted by Crippen LogP contribution is 2.31. The molecule has 1 heterocycles. The number of para-hydroxylation sites is 1. The number of nitrogens with two attached hydrogens (primary N) is 1.